The lowest BCUT2D eigenvalue weighted by molar-refractivity contribution is -0.390. The van der Waals surface area contributed by atoms with Crippen molar-refractivity contribution in [1.82, 2.24) is 10.2 Å². The fourth-order valence-electron chi connectivity index (χ4n) is 8.20. The van der Waals surface area contributed by atoms with E-state index in [1.54, 1.807) is 0 Å². The van der Waals surface area contributed by atoms with Crippen LogP contribution in [0.1, 0.15) is 69.3 Å². The van der Waals surface area contributed by atoms with Gasteiger partial charge in [0.2, 0.25) is 17.5 Å². The van der Waals surface area contributed by atoms with Crippen molar-refractivity contribution < 1.29 is 24.0 Å². The summed E-state index contributed by atoms with van der Waals surface area (Å²) in [5.41, 5.74) is 1.36. The number of ether oxygens (including phenoxy) is 2. The van der Waals surface area contributed by atoms with Crippen LogP contribution >= 0.6 is 0 Å². The van der Waals surface area contributed by atoms with Gasteiger partial charge in [-0.1, -0.05) is 12.1 Å². The summed E-state index contributed by atoms with van der Waals surface area (Å²) in [6.45, 7) is 3.44. The first-order valence-electron chi connectivity index (χ1n) is 13.9. The minimum atomic E-state index is -0.541. The highest BCUT2D eigenvalue weighted by Crippen LogP contribution is 2.64. The molecule has 1 amide bonds. The summed E-state index contributed by atoms with van der Waals surface area (Å²) in [6, 6.07) is 8.58. The standard InChI is InChI=1S/C28H38N2O5/c31-26-18-30(10-9-29-26)11-12-32-25-3-1-21(2-4-25)22-5-7-27(8-6-22)33-28(35-34-27)23-14-19-13-20(16-23)17-24(28)15-19/h1-4,19-20,22-24H,5-18H2,(H,29,31)/t19?,20?,22-,23?,24?,27+,28-. The lowest BCUT2D eigenvalue weighted by Crippen LogP contribution is -2.59. The zero-order valence-corrected chi connectivity index (χ0v) is 20.6. The van der Waals surface area contributed by atoms with Crippen molar-refractivity contribution in [3.05, 3.63) is 29.8 Å². The number of benzene rings is 1. The van der Waals surface area contributed by atoms with Gasteiger partial charge in [-0.3, -0.25) is 9.69 Å². The fraction of sp³-hybridized carbons (Fsp3) is 0.750. The smallest absolute Gasteiger partial charge is 0.234 e. The third-order valence-electron chi connectivity index (χ3n) is 9.84. The number of carbonyl (C=O) groups is 1. The second-order valence-corrected chi connectivity index (χ2v) is 12.0. The summed E-state index contributed by atoms with van der Waals surface area (Å²) in [6.07, 6.45) is 10.4. The largest absolute Gasteiger partial charge is 0.492 e. The Hall–Kier alpha value is -1.67. The van der Waals surface area contributed by atoms with E-state index in [2.05, 4.69) is 34.5 Å². The predicted octanol–water partition coefficient (Wildman–Crippen LogP) is 3.98. The average Bonchev–Trinajstić information content (AvgIpc) is 3.23. The molecule has 1 aromatic carbocycles. The molecule has 7 aliphatic rings. The summed E-state index contributed by atoms with van der Waals surface area (Å²) in [5, 5.41) is 2.86. The van der Waals surface area contributed by atoms with Gasteiger partial charge in [0.15, 0.2) is 0 Å². The number of carbonyl (C=O) groups excluding carboxylic acids is 1. The van der Waals surface area contributed by atoms with Gasteiger partial charge in [-0.05, 0) is 80.4 Å². The Morgan fingerprint density at radius 1 is 0.971 bits per heavy atom. The number of rotatable bonds is 5. The zero-order chi connectivity index (χ0) is 23.5. The van der Waals surface area contributed by atoms with Crippen molar-refractivity contribution in [3.8, 4) is 5.75 Å². The molecule has 5 aliphatic carbocycles. The van der Waals surface area contributed by atoms with E-state index in [1.165, 1.54) is 37.7 Å². The minimum Gasteiger partial charge on any atom is -0.492 e. The fourth-order valence-corrected chi connectivity index (χ4v) is 8.20. The second-order valence-electron chi connectivity index (χ2n) is 12.0. The van der Waals surface area contributed by atoms with E-state index in [1.807, 2.05) is 0 Å². The normalized spacial score (nSPS) is 42.6. The molecule has 190 valence electrons. The molecule has 1 N–H and O–H groups in total. The van der Waals surface area contributed by atoms with Crippen molar-refractivity contribution in [2.75, 3.05) is 32.8 Å². The molecule has 0 radical (unpaired) electrons. The van der Waals surface area contributed by atoms with Crippen molar-refractivity contribution in [2.45, 2.75) is 75.3 Å². The Labute approximate surface area is 207 Å². The number of nitrogens with one attached hydrogen (secondary N) is 1. The van der Waals surface area contributed by atoms with E-state index in [0.717, 1.165) is 62.9 Å². The van der Waals surface area contributed by atoms with E-state index >= 15 is 0 Å². The molecule has 2 aliphatic heterocycles. The molecule has 2 heterocycles. The molecule has 0 atom stereocenters. The number of hydrogen-bond donors (Lipinski definition) is 1. The number of piperazine rings is 1. The van der Waals surface area contributed by atoms with Crippen LogP contribution in [0, 0.1) is 23.7 Å². The van der Waals surface area contributed by atoms with Crippen LogP contribution in [0.3, 0.4) is 0 Å². The first kappa shape index (κ1) is 22.5. The highest BCUT2D eigenvalue weighted by Gasteiger charge is 2.66. The average molecular weight is 483 g/mol. The van der Waals surface area contributed by atoms with E-state index in [0.29, 0.717) is 30.9 Å². The Kier molecular flexibility index (Phi) is 5.61. The van der Waals surface area contributed by atoms with Crippen LogP contribution in [0.5, 0.6) is 5.75 Å². The molecule has 35 heavy (non-hydrogen) atoms. The summed E-state index contributed by atoms with van der Waals surface area (Å²) in [7, 11) is 0. The van der Waals surface area contributed by atoms with Gasteiger partial charge in [0.05, 0.1) is 6.54 Å². The molecule has 5 saturated carbocycles. The highest BCUT2D eigenvalue weighted by atomic mass is 17.3. The quantitative estimate of drug-likeness (QED) is 0.641. The van der Waals surface area contributed by atoms with Gasteiger partial charge in [-0.15, -0.1) is 0 Å². The van der Waals surface area contributed by atoms with Crippen LogP contribution in [-0.2, 0) is 19.3 Å². The van der Waals surface area contributed by atoms with Gasteiger partial charge in [0.1, 0.15) is 12.4 Å². The predicted molar refractivity (Wildman–Crippen MR) is 128 cm³/mol. The van der Waals surface area contributed by atoms with E-state index in [9.17, 15) is 4.79 Å². The first-order valence-corrected chi connectivity index (χ1v) is 13.9. The van der Waals surface area contributed by atoms with Crippen LogP contribution in [0.2, 0.25) is 0 Å². The molecule has 7 nitrogen and oxygen atoms in total. The molecule has 7 fully saturated rings. The van der Waals surface area contributed by atoms with Crippen molar-refractivity contribution in [2.24, 2.45) is 23.7 Å². The van der Waals surface area contributed by atoms with Crippen LogP contribution < -0.4 is 10.1 Å². The Balaban J connectivity index is 0.920. The Morgan fingerprint density at radius 3 is 2.37 bits per heavy atom. The van der Waals surface area contributed by atoms with Gasteiger partial charge in [-0.2, -0.15) is 9.78 Å². The monoisotopic (exact) mass is 482 g/mol. The molecule has 2 saturated heterocycles. The molecular weight excluding hydrogens is 444 g/mol. The van der Waals surface area contributed by atoms with Gasteiger partial charge < -0.3 is 14.8 Å². The van der Waals surface area contributed by atoms with E-state index < -0.39 is 11.6 Å². The second kappa shape index (κ2) is 8.72. The lowest BCUT2D eigenvalue weighted by Gasteiger charge is -2.57. The molecule has 0 aromatic heterocycles. The van der Waals surface area contributed by atoms with Gasteiger partial charge in [-0.25, -0.2) is 0 Å². The molecule has 2 spiro atoms. The number of hydrogen-bond acceptors (Lipinski definition) is 6. The van der Waals surface area contributed by atoms with Gasteiger partial charge in [0, 0.05) is 44.3 Å². The van der Waals surface area contributed by atoms with Crippen LogP contribution in [0.15, 0.2) is 24.3 Å². The summed E-state index contributed by atoms with van der Waals surface area (Å²) >= 11 is 0. The molecule has 0 unspecified atom stereocenters. The molecule has 7 heteroatoms. The Morgan fingerprint density at radius 2 is 1.69 bits per heavy atom. The minimum absolute atomic E-state index is 0.100. The Bertz CT molecular complexity index is 913. The van der Waals surface area contributed by atoms with Gasteiger partial charge in [0.25, 0.3) is 0 Å². The van der Waals surface area contributed by atoms with Crippen LogP contribution in [0.25, 0.3) is 0 Å². The van der Waals surface area contributed by atoms with E-state index in [4.69, 9.17) is 19.2 Å². The van der Waals surface area contributed by atoms with Gasteiger partial charge >= 0.3 is 0 Å². The van der Waals surface area contributed by atoms with Crippen molar-refractivity contribution in [1.29, 1.82) is 0 Å². The summed E-state index contributed by atoms with van der Waals surface area (Å²) in [4.78, 5) is 25.9. The topological polar surface area (TPSA) is 69.3 Å². The third kappa shape index (κ3) is 4.08. The number of amides is 1. The molecule has 4 bridgehead atoms. The maximum Gasteiger partial charge on any atom is 0.234 e. The molecule has 1 aromatic rings. The summed E-state index contributed by atoms with van der Waals surface area (Å²) < 4.78 is 12.8. The maximum absolute atomic E-state index is 11.5. The molecular formula is C28H38N2O5. The zero-order valence-electron chi connectivity index (χ0n) is 20.6. The van der Waals surface area contributed by atoms with Crippen molar-refractivity contribution in [3.63, 3.8) is 0 Å². The van der Waals surface area contributed by atoms with Crippen LogP contribution in [0.4, 0.5) is 0 Å². The number of nitrogens with zero attached hydrogens (tertiary/aromatic N) is 1. The summed E-state index contributed by atoms with van der Waals surface area (Å²) in [5.74, 6) is 3.33. The first-order chi connectivity index (χ1) is 17.1. The SMILES string of the molecule is O=C1CN(CCOc2ccc([C@H]3CC[C@]4(CC3)OO[C@]3(O4)C4CC5CC(C4)CC3C5)cc2)CCN1. The lowest BCUT2D eigenvalue weighted by atomic mass is 9.53. The third-order valence-corrected chi connectivity index (χ3v) is 9.84. The van der Waals surface area contributed by atoms with Crippen LogP contribution in [-0.4, -0.2) is 55.2 Å². The van der Waals surface area contributed by atoms with E-state index in [-0.39, 0.29) is 5.91 Å². The molecule has 8 rings (SSSR count). The highest BCUT2D eigenvalue weighted by molar-refractivity contribution is 5.78. The van der Waals surface area contributed by atoms with Crippen molar-refractivity contribution >= 4 is 5.91 Å². The maximum atomic E-state index is 11.5.